The van der Waals surface area contributed by atoms with Crippen LogP contribution in [0.15, 0.2) is 60.7 Å². The molecule has 2 saturated heterocycles. The summed E-state index contributed by atoms with van der Waals surface area (Å²) in [7, 11) is -2.86. The molecule has 2 aliphatic rings. The number of rotatable bonds is 9. The van der Waals surface area contributed by atoms with Crippen molar-refractivity contribution in [1.82, 2.24) is 4.72 Å². The van der Waals surface area contributed by atoms with Gasteiger partial charge in [-0.05, 0) is 100 Å². The van der Waals surface area contributed by atoms with E-state index in [-0.39, 0.29) is 0 Å². The molecule has 4 rings (SSSR count). The van der Waals surface area contributed by atoms with Crippen LogP contribution >= 0.6 is 0 Å². The van der Waals surface area contributed by atoms with E-state index in [0.717, 1.165) is 12.0 Å². The van der Waals surface area contributed by atoms with Gasteiger partial charge in [0.05, 0.1) is 43.4 Å². The third-order valence-corrected chi connectivity index (χ3v) is 11.1. The SMILES string of the molecule is CC(C)(C)[S@@](=O)N[C@H](c1ccccc1)C(CCc1ccccc1)(B1OC(C)(C)C(C)(C)O1)B1OC(C)(C)C(C)(C)O1. The quantitative estimate of drug-likeness (QED) is 0.328. The van der Waals surface area contributed by atoms with Gasteiger partial charge in [0.15, 0.2) is 0 Å². The number of benzene rings is 2. The summed E-state index contributed by atoms with van der Waals surface area (Å²) < 4.78 is 44.7. The van der Waals surface area contributed by atoms with Crippen molar-refractivity contribution >= 4 is 25.2 Å². The standard InChI is InChI=1S/C32H49B2NO5S/c1-27(2,3)41(36)35-26(25-20-16-13-17-21-25)32(23-22-24-18-14-12-15-19-24,33-37-28(4,5)29(6,7)38-33)34-39-30(8,9)31(10,11)40-34/h12-21,26,35H,22-23H2,1-11H3/t26-,41-/m1/s1. The van der Waals surface area contributed by atoms with Crippen LogP contribution in [0.25, 0.3) is 0 Å². The van der Waals surface area contributed by atoms with Gasteiger partial charge in [0.2, 0.25) is 0 Å². The van der Waals surface area contributed by atoms with Gasteiger partial charge in [-0.1, -0.05) is 60.7 Å². The summed E-state index contributed by atoms with van der Waals surface area (Å²) in [5.74, 6) is 0. The summed E-state index contributed by atoms with van der Waals surface area (Å²) in [6.07, 6.45) is 1.32. The lowest BCUT2D eigenvalue weighted by atomic mass is 9.34. The Labute approximate surface area is 251 Å². The van der Waals surface area contributed by atoms with E-state index in [1.807, 2.05) is 45.0 Å². The summed E-state index contributed by atoms with van der Waals surface area (Å²) in [5.41, 5.74) is -0.211. The van der Waals surface area contributed by atoms with Crippen LogP contribution in [0.1, 0.15) is 99.8 Å². The van der Waals surface area contributed by atoms with Crippen LogP contribution in [-0.2, 0) is 36.0 Å². The Hall–Kier alpha value is -1.48. The fourth-order valence-corrected chi connectivity index (χ4v) is 6.23. The second-order valence-corrected chi connectivity index (χ2v) is 16.6. The van der Waals surface area contributed by atoms with Gasteiger partial charge < -0.3 is 18.6 Å². The smallest absolute Gasteiger partial charge is 0.403 e. The third-order valence-electron chi connectivity index (χ3n) is 9.53. The number of hydrogen-bond acceptors (Lipinski definition) is 5. The van der Waals surface area contributed by atoms with Crippen molar-refractivity contribution in [3.63, 3.8) is 0 Å². The molecule has 0 amide bonds. The molecule has 0 aromatic heterocycles. The van der Waals surface area contributed by atoms with Crippen molar-refractivity contribution in [2.24, 2.45) is 0 Å². The molecule has 0 spiro atoms. The average molecular weight is 581 g/mol. The minimum atomic E-state index is -1.41. The zero-order chi connectivity index (χ0) is 30.5. The fourth-order valence-electron chi connectivity index (χ4n) is 5.31. The largest absolute Gasteiger partial charge is 0.464 e. The second kappa shape index (κ2) is 11.2. The molecule has 2 heterocycles. The fraction of sp³-hybridized carbons (Fsp3) is 0.625. The zero-order valence-corrected chi connectivity index (χ0v) is 27.7. The lowest BCUT2D eigenvalue weighted by molar-refractivity contribution is 0.00578. The Morgan fingerprint density at radius 2 is 1.10 bits per heavy atom. The monoisotopic (exact) mass is 581 g/mol. The normalized spacial score (nSPS) is 23.0. The Morgan fingerprint density at radius 1 is 0.707 bits per heavy atom. The molecule has 0 saturated carbocycles. The van der Waals surface area contributed by atoms with E-state index < -0.39 is 63.6 Å². The molecule has 2 aliphatic heterocycles. The lowest BCUT2D eigenvalue weighted by Gasteiger charge is -2.44. The highest BCUT2D eigenvalue weighted by atomic mass is 32.2. The van der Waals surface area contributed by atoms with Crippen molar-refractivity contribution in [3.8, 4) is 0 Å². The lowest BCUT2D eigenvalue weighted by Crippen LogP contribution is -2.56. The summed E-state index contributed by atoms with van der Waals surface area (Å²) in [5, 5.41) is -0.936. The molecule has 1 N–H and O–H groups in total. The second-order valence-electron chi connectivity index (χ2n) is 14.6. The maximum Gasteiger partial charge on any atom is 0.464 e. The molecule has 2 atom stereocenters. The third kappa shape index (κ3) is 6.27. The van der Waals surface area contributed by atoms with Crippen LogP contribution in [0.5, 0.6) is 0 Å². The molecule has 224 valence electrons. The van der Waals surface area contributed by atoms with Crippen LogP contribution in [-0.4, -0.2) is 45.6 Å². The van der Waals surface area contributed by atoms with E-state index >= 15 is 0 Å². The molecule has 0 bridgehead atoms. The summed E-state index contributed by atoms with van der Waals surface area (Å²) in [6, 6.07) is 20.1. The maximum atomic E-state index is 13.9. The molecule has 41 heavy (non-hydrogen) atoms. The molecule has 2 fully saturated rings. The maximum absolute atomic E-state index is 13.9. The zero-order valence-electron chi connectivity index (χ0n) is 26.9. The predicted molar refractivity (Wildman–Crippen MR) is 170 cm³/mol. The molecule has 2 aromatic rings. The Bertz CT molecular complexity index is 1150. The van der Waals surface area contributed by atoms with Gasteiger partial charge in [0.1, 0.15) is 0 Å². The average Bonchev–Trinajstić information content (AvgIpc) is 3.23. The molecular formula is C32H49B2NO5S. The highest BCUT2D eigenvalue weighted by Gasteiger charge is 2.71. The van der Waals surface area contributed by atoms with Crippen LogP contribution in [0.4, 0.5) is 0 Å². The number of aryl methyl sites for hydroxylation is 1. The van der Waals surface area contributed by atoms with E-state index in [1.165, 1.54) is 5.56 Å². The van der Waals surface area contributed by atoms with Crippen LogP contribution < -0.4 is 4.72 Å². The minimum Gasteiger partial charge on any atom is -0.403 e. The van der Waals surface area contributed by atoms with Crippen LogP contribution in [0.3, 0.4) is 0 Å². The van der Waals surface area contributed by atoms with Gasteiger partial charge >= 0.3 is 14.2 Å². The first-order valence-electron chi connectivity index (χ1n) is 14.8. The number of nitrogens with one attached hydrogen (secondary N) is 1. The van der Waals surface area contributed by atoms with E-state index in [2.05, 4.69) is 96.5 Å². The minimum absolute atomic E-state index is 0.489. The Balaban J connectivity index is 1.98. The molecule has 0 unspecified atom stereocenters. The van der Waals surface area contributed by atoms with Gasteiger partial charge in [-0.15, -0.1) is 0 Å². The molecule has 2 aromatic carbocycles. The van der Waals surface area contributed by atoms with Crippen LogP contribution in [0, 0.1) is 0 Å². The van der Waals surface area contributed by atoms with Gasteiger partial charge in [-0.3, -0.25) is 0 Å². The van der Waals surface area contributed by atoms with Gasteiger partial charge in [-0.2, -0.15) is 0 Å². The topological polar surface area (TPSA) is 66.0 Å². The molecule has 0 aliphatic carbocycles. The molecule has 6 nitrogen and oxygen atoms in total. The van der Waals surface area contributed by atoms with Crippen molar-refractivity contribution in [3.05, 3.63) is 71.8 Å². The highest BCUT2D eigenvalue weighted by Crippen LogP contribution is 2.59. The first kappa shape index (κ1) is 32.4. The summed E-state index contributed by atoms with van der Waals surface area (Å²) >= 11 is 0. The van der Waals surface area contributed by atoms with Gasteiger partial charge in [0.25, 0.3) is 0 Å². The molecule has 9 heteroatoms. The van der Waals surface area contributed by atoms with E-state index in [1.54, 1.807) is 0 Å². The van der Waals surface area contributed by atoms with Gasteiger partial charge in [-0.25, -0.2) is 8.93 Å². The summed E-state index contributed by atoms with van der Waals surface area (Å²) in [6.45, 7) is 22.5. The van der Waals surface area contributed by atoms with Gasteiger partial charge in [0, 0.05) is 6.04 Å². The van der Waals surface area contributed by atoms with Crippen molar-refractivity contribution in [2.45, 2.75) is 127 Å². The Kier molecular flexibility index (Phi) is 8.88. The van der Waals surface area contributed by atoms with Crippen molar-refractivity contribution in [2.75, 3.05) is 0 Å². The first-order chi connectivity index (χ1) is 18.8. The highest BCUT2D eigenvalue weighted by molar-refractivity contribution is 7.84. The van der Waals surface area contributed by atoms with E-state index in [9.17, 15) is 4.21 Å². The molecule has 0 radical (unpaired) electrons. The van der Waals surface area contributed by atoms with Crippen molar-refractivity contribution in [1.29, 1.82) is 0 Å². The molecular weight excluding hydrogens is 532 g/mol. The van der Waals surface area contributed by atoms with Crippen molar-refractivity contribution < 1.29 is 22.8 Å². The van der Waals surface area contributed by atoms with E-state index in [0.29, 0.717) is 6.42 Å². The van der Waals surface area contributed by atoms with Crippen LogP contribution in [0.2, 0.25) is 5.21 Å². The number of hydrogen-bond donors (Lipinski definition) is 1. The predicted octanol–water partition coefficient (Wildman–Crippen LogP) is 6.88. The Morgan fingerprint density at radius 3 is 1.49 bits per heavy atom. The summed E-state index contributed by atoms with van der Waals surface area (Å²) in [4.78, 5) is 0. The first-order valence-corrected chi connectivity index (χ1v) is 16.0. The van der Waals surface area contributed by atoms with E-state index in [4.69, 9.17) is 18.6 Å².